The summed E-state index contributed by atoms with van der Waals surface area (Å²) in [6, 6.07) is 13.6. The quantitative estimate of drug-likeness (QED) is 0.753. The predicted octanol–water partition coefficient (Wildman–Crippen LogP) is 3.24. The van der Waals surface area contributed by atoms with E-state index in [0.29, 0.717) is 18.7 Å². The van der Waals surface area contributed by atoms with Crippen molar-refractivity contribution >= 4 is 17.5 Å². The van der Waals surface area contributed by atoms with E-state index in [0.717, 1.165) is 35.2 Å². The van der Waals surface area contributed by atoms with E-state index in [-0.39, 0.29) is 11.8 Å². The minimum absolute atomic E-state index is 0.0184. The number of aryl methyl sites for hydroxylation is 2. The molecule has 0 bridgehead atoms. The molecule has 0 aliphatic rings. The number of rotatable bonds is 8. The SMILES string of the molecule is CCc1cccc(CC)c1NC(=O)CN(C)Cc1ccc(C(=O)NC)cc1. The molecule has 0 aromatic heterocycles. The van der Waals surface area contributed by atoms with Crippen molar-refractivity contribution in [2.24, 2.45) is 0 Å². The Morgan fingerprint density at radius 1 is 0.963 bits per heavy atom. The lowest BCUT2D eigenvalue weighted by molar-refractivity contribution is -0.117. The third-order valence-electron chi connectivity index (χ3n) is 4.57. The van der Waals surface area contributed by atoms with Crippen LogP contribution >= 0.6 is 0 Å². The van der Waals surface area contributed by atoms with Gasteiger partial charge in [0, 0.05) is 24.8 Å². The first-order chi connectivity index (χ1) is 13.0. The number of likely N-dealkylation sites (N-methyl/N-ethyl adjacent to an activating group) is 1. The Morgan fingerprint density at radius 2 is 1.56 bits per heavy atom. The van der Waals surface area contributed by atoms with Crippen molar-refractivity contribution in [3.8, 4) is 0 Å². The van der Waals surface area contributed by atoms with Crippen molar-refractivity contribution < 1.29 is 9.59 Å². The van der Waals surface area contributed by atoms with Crippen LogP contribution in [0, 0.1) is 0 Å². The number of amides is 2. The first-order valence-corrected chi connectivity index (χ1v) is 9.38. The van der Waals surface area contributed by atoms with Gasteiger partial charge in [0.05, 0.1) is 6.54 Å². The molecule has 0 aliphatic carbocycles. The van der Waals surface area contributed by atoms with Gasteiger partial charge in [0.25, 0.3) is 5.91 Å². The van der Waals surface area contributed by atoms with Gasteiger partial charge in [0.2, 0.25) is 5.91 Å². The Balaban J connectivity index is 1.97. The Bertz CT molecular complexity index is 762. The first kappa shape index (κ1) is 20.6. The summed E-state index contributed by atoms with van der Waals surface area (Å²) in [6.07, 6.45) is 1.77. The lowest BCUT2D eigenvalue weighted by Gasteiger charge is -2.19. The molecular formula is C22H29N3O2. The summed E-state index contributed by atoms with van der Waals surface area (Å²) in [5, 5.41) is 5.70. The van der Waals surface area contributed by atoms with Crippen LogP contribution in [-0.2, 0) is 24.2 Å². The predicted molar refractivity (Wildman–Crippen MR) is 110 cm³/mol. The molecule has 0 atom stereocenters. The molecule has 2 aromatic rings. The maximum atomic E-state index is 12.5. The molecule has 2 rings (SSSR count). The average Bonchev–Trinajstić information content (AvgIpc) is 2.67. The fourth-order valence-corrected chi connectivity index (χ4v) is 3.10. The van der Waals surface area contributed by atoms with E-state index in [1.165, 1.54) is 0 Å². The van der Waals surface area contributed by atoms with E-state index in [1.807, 2.05) is 30.1 Å². The highest BCUT2D eigenvalue weighted by Gasteiger charge is 2.12. The molecule has 5 nitrogen and oxygen atoms in total. The Hall–Kier alpha value is -2.66. The van der Waals surface area contributed by atoms with E-state index in [4.69, 9.17) is 0 Å². The summed E-state index contributed by atoms with van der Waals surface area (Å²) >= 11 is 0. The van der Waals surface area contributed by atoms with E-state index in [2.05, 4.69) is 36.6 Å². The average molecular weight is 367 g/mol. The molecule has 0 spiro atoms. The minimum atomic E-state index is -0.101. The van der Waals surface area contributed by atoms with Crippen LogP contribution in [0.1, 0.15) is 40.9 Å². The minimum Gasteiger partial charge on any atom is -0.355 e. The van der Waals surface area contributed by atoms with E-state index in [1.54, 1.807) is 19.2 Å². The molecule has 144 valence electrons. The van der Waals surface area contributed by atoms with Gasteiger partial charge in [0.15, 0.2) is 0 Å². The molecule has 0 radical (unpaired) electrons. The topological polar surface area (TPSA) is 61.4 Å². The molecule has 2 N–H and O–H groups in total. The number of anilines is 1. The number of nitrogens with one attached hydrogen (secondary N) is 2. The summed E-state index contributed by atoms with van der Waals surface area (Å²) in [6.45, 7) is 5.13. The fraction of sp³-hybridized carbons (Fsp3) is 0.364. The van der Waals surface area contributed by atoms with Crippen LogP contribution < -0.4 is 10.6 Å². The van der Waals surface area contributed by atoms with Crippen molar-refractivity contribution in [1.29, 1.82) is 0 Å². The lowest BCUT2D eigenvalue weighted by atomic mass is 10.0. The van der Waals surface area contributed by atoms with E-state index < -0.39 is 0 Å². The van der Waals surface area contributed by atoms with Crippen LogP contribution in [0.2, 0.25) is 0 Å². The monoisotopic (exact) mass is 367 g/mol. The number of para-hydroxylation sites is 1. The molecule has 2 amide bonds. The highest BCUT2D eigenvalue weighted by atomic mass is 16.2. The Labute approximate surface area is 161 Å². The Kier molecular flexibility index (Phi) is 7.55. The number of carbonyl (C=O) groups is 2. The van der Waals surface area contributed by atoms with Gasteiger partial charge in [-0.15, -0.1) is 0 Å². The Morgan fingerprint density at radius 3 is 2.07 bits per heavy atom. The van der Waals surface area contributed by atoms with Gasteiger partial charge in [-0.3, -0.25) is 14.5 Å². The van der Waals surface area contributed by atoms with Crippen LogP contribution in [0.3, 0.4) is 0 Å². The normalized spacial score (nSPS) is 10.7. The summed E-state index contributed by atoms with van der Waals surface area (Å²) in [4.78, 5) is 26.1. The number of carbonyl (C=O) groups excluding carboxylic acids is 2. The van der Waals surface area contributed by atoms with Crippen LogP contribution in [0.15, 0.2) is 42.5 Å². The van der Waals surface area contributed by atoms with Crippen molar-refractivity contribution in [1.82, 2.24) is 10.2 Å². The number of nitrogens with zero attached hydrogens (tertiary/aromatic N) is 1. The summed E-state index contributed by atoms with van der Waals surface area (Å²) in [5.74, 6) is -0.120. The van der Waals surface area contributed by atoms with Crippen LogP contribution in [0.4, 0.5) is 5.69 Å². The second-order valence-electron chi connectivity index (χ2n) is 6.65. The zero-order chi connectivity index (χ0) is 19.8. The largest absolute Gasteiger partial charge is 0.355 e. The van der Waals surface area contributed by atoms with Crippen molar-refractivity contribution in [2.45, 2.75) is 33.2 Å². The molecule has 27 heavy (non-hydrogen) atoms. The summed E-state index contributed by atoms with van der Waals surface area (Å²) in [7, 11) is 3.53. The van der Waals surface area contributed by atoms with Gasteiger partial charge in [-0.1, -0.05) is 44.2 Å². The maximum absolute atomic E-state index is 12.5. The molecule has 0 saturated heterocycles. The second kappa shape index (κ2) is 9.88. The standard InChI is InChI=1S/C22H29N3O2/c1-5-17-8-7-9-18(6-2)21(17)24-20(26)15-25(4)14-16-10-12-19(13-11-16)22(27)23-3/h7-13H,5-6,14-15H2,1-4H3,(H,23,27)(H,24,26). The molecular weight excluding hydrogens is 338 g/mol. The van der Waals surface area contributed by atoms with Gasteiger partial charge >= 0.3 is 0 Å². The number of benzene rings is 2. The smallest absolute Gasteiger partial charge is 0.251 e. The zero-order valence-corrected chi connectivity index (χ0v) is 16.6. The van der Waals surface area contributed by atoms with Gasteiger partial charge in [-0.2, -0.15) is 0 Å². The highest BCUT2D eigenvalue weighted by molar-refractivity contribution is 5.94. The molecule has 0 unspecified atom stereocenters. The second-order valence-corrected chi connectivity index (χ2v) is 6.65. The maximum Gasteiger partial charge on any atom is 0.251 e. The van der Waals surface area contributed by atoms with Crippen molar-refractivity contribution in [3.05, 3.63) is 64.7 Å². The van der Waals surface area contributed by atoms with Gasteiger partial charge in [0.1, 0.15) is 0 Å². The summed E-state index contributed by atoms with van der Waals surface area (Å²) < 4.78 is 0. The van der Waals surface area contributed by atoms with Crippen LogP contribution in [0.5, 0.6) is 0 Å². The van der Waals surface area contributed by atoms with Crippen LogP contribution in [-0.4, -0.2) is 37.4 Å². The third-order valence-corrected chi connectivity index (χ3v) is 4.57. The molecule has 0 saturated carbocycles. The zero-order valence-electron chi connectivity index (χ0n) is 16.6. The first-order valence-electron chi connectivity index (χ1n) is 9.38. The van der Waals surface area contributed by atoms with Gasteiger partial charge in [-0.05, 0) is 48.7 Å². The van der Waals surface area contributed by atoms with E-state index >= 15 is 0 Å². The van der Waals surface area contributed by atoms with Gasteiger partial charge in [-0.25, -0.2) is 0 Å². The molecule has 0 heterocycles. The molecule has 0 aliphatic heterocycles. The molecule has 0 fully saturated rings. The van der Waals surface area contributed by atoms with Crippen LogP contribution in [0.25, 0.3) is 0 Å². The number of hydrogen-bond acceptors (Lipinski definition) is 3. The third kappa shape index (κ3) is 5.66. The number of hydrogen-bond donors (Lipinski definition) is 2. The fourth-order valence-electron chi connectivity index (χ4n) is 3.10. The van der Waals surface area contributed by atoms with Gasteiger partial charge < -0.3 is 10.6 Å². The van der Waals surface area contributed by atoms with Crippen molar-refractivity contribution in [3.63, 3.8) is 0 Å². The molecule has 5 heteroatoms. The van der Waals surface area contributed by atoms with Crippen molar-refractivity contribution in [2.75, 3.05) is 26.0 Å². The highest BCUT2D eigenvalue weighted by Crippen LogP contribution is 2.22. The lowest BCUT2D eigenvalue weighted by Crippen LogP contribution is -2.30. The molecule has 2 aromatic carbocycles. The van der Waals surface area contributed by atoms with E-state index in [9.17, 15) is 9.59 Å². The summed E-state index contributed by atoms with van der Waals surface area (Å²) in [5.41, 5.74) is 4.96.